The molecular formula is C22H24FN5O3S3. The smallest absolute Gasteiger partial charge is 0.259 e. The molecule has 8 nitrogen and oxygen atoms in total. The van der Waals surface area contributed by atoms with Crippen LogP contribution in [0.25, 0.3) is 0 Å². The number of aromatic nitrogens is 2. The topological polar surface area (TPSA) is 95.5 Å². The number of hydrogen-bond donors (Lipinski definition) is 1. The number of sulfonamides is 1. The zero-order valence-corrected chi connectivity index (χ0v) is 21.1. The van der Waals surface area contributed by atoms with Crippen molar-refractivity contribution < 1.29 is 17.6 Å². The average molecular weight is 522 g/mol. The maximum absolute atomic E-state index is 13.2. The van der Waals surface area contributed by atoms with Gasteiger partial charge >= 0.3 is 0 Å². The van der Waals surface area contributed by atoms with Gasteiger partial charge in [0.05, 0.1) is 10.5 Å². The van der Waals surface area contributed by atoms with Gasteiger partial charge in [0, 0.05) is 38.6 Å². The molecule has 3 aromatic rings. The lowest BCUT2D eigenvalue weighted by Crippen LogP contribution is -2.25. The predicted octanol–water partition coefficient (Wildman–Crippen LogP) is 4.07. The number of anilines is 2. The van der Waals surface area contributed by atoms with Crippen molar-refractivity contribution in [1.29, 1.82) is 0 Å². The first-order valence-corrected chi connectivity index (χ1v) is 13.8. The van der Waals surface area contributed by atoms with Gasteiger partial charge in [0.25, 0.3) is 5.91 Å². The summed E-state index contributed by atoms with van der Waals surface area (Å²) >= 11 is 2.66. The third-order valence-electron chi connectivity index (χ3n) is 5.34. The third kappa shape index (κ3) is 5.57. The monoisotopic (exact) mass is 521 g/mol. The minimum Gasteiger partial charge on any atom is -0.371 e. The predicted molar refractivity (Wildman–Crippen MR) is 133 cm³/mol. The molecule has 1 N–H and O–H groups in total. The first kappa shape index (κ1) is 24.6. The fraction of sp³-hybridized carbons (Fsp3) is 0.318. The van der Waals surface area contributed by atoms with E-state index in [1.807, 2.05) is 0 Å². The quantitative estimate of drug-likeness (QED) is 0.353. The molecule has 2 aromatic carbocycles. The second-order valence-electron chi connectivity index (χ2n) is 7.90. The van der Waals surface area contributed by atoms with E-state index in [9.17, 15) is 17.6 Å². The molecule has 1 aliphatic heterocycles. The van der Waals surface area contributed by atoms with Gasteiger partial charge < -0.3 is 4.90 Å². The largest absolute Gasteiger partial charge is 0.371 e. The molecule has 2 heterocycles. The van der Waals surface area contributed by atoms with Gasteiger partial charge in [0.1, 0.15) is 5.82 Å². The van der Waals surface area contributed by atoms with E-state index in [2.05, 4.69) is 20.4 Å². The second-order valence-corrected chi connectivity index (χ2v) is 12.3. The van der Waals surface area contributed by atoms with Gasteiger partial charge in [-0.3, -0.25) is 10.1 Å². The molecule has 0 radical (unpaired) electrons. The van der Waals surface area contributed by atoms with Crippen LogP contribution in [0.2, 0.25) is 0 Å². The molecule has 0 saturated carbocycles. The summed E-state index contributed by atoms with van der Waals surface area (Å²) in [6.07, 6.45) is 2.04. The number of nitrogens with one attached hydrogen (secondary N) is 1. The van der Waals surface area contributed by atoms with Gasteiger partial charge in [-0.05, 0) is 48.7 Å². The van der Waals surface area contributed by atoms with E-state index in [0.717, 1.165) is 35.8 Å². The summed E-state index contributed by atoms with van der Waals surface area (Å²) in [6, 6.07) is 10.9. The second kappa shape index (κ2) is 10.4. The summed E-state index contributed by atoms with van der Waals surface area (Å²) in [5, 5.41) is 11.2. The number of benzene rings is 2. The highest BCUT2D eigenvalue weighted by Crippen LogP contribution is 2.31. The fourth-order valence-corrected chi connectivity index (χ4v) is 6.14. The Morgan fingerprint density at radius 1 is 1.15 bits per heavy atom. The molecule has 34 heavy (non-hydrogen) atoms. The van der Waals surface area contributed by atoms with Gasteiger partial charge in [-0.2, -0.15) is 0 Å². The number of carbonyl (C=O) groups is 1. The molecule has 12 heteroatoms. The Bertz CT molecular complexity index is 1270. The molecule has 180 valence electrons. The Morgan fingerprint density at radius 3 is 2.53 bits per heavy atom. The SMILES string of the molecule is CN(C)S(=O)(=O)c1ccc(N2CCCC2)c(C(=O)Nc2nnc(SCc3ccc(F)cc3)s2)c1. The van der Waals surface area contributed by atoms with Crippen LogP contribution in [0.1, 0.15) is 28.8 Å². The number of rotatable bonds is 8. The van der Waals surface area contributed by atoms with Gasteiger partial charge in [-0.15, -0.1) is 10.2 Å². The van der Waals surface area contributed by atoms with Gasteiger partial charge in [-0.1, -0.05) is 35.2 Å². The number of carbonyl (C=O) groups excluding carboxylic acids is 1. The van der Waals surface area contributed by atoms with E-state index in [4.69, 9.17) is 0 Å². The van der Waals surface area contributed by atoms with Crippen molar-refractivity contribution in [1.82, 2.24) is 14.5 Å². The van der Waals surface area contributed by atoms with Crippen LogP contribution in [0, 0.1) is 5.82 Å². The highest BCUT2D eigenvalue weighted by atomic mass is 32.2. The molecule has 1 fully saturated rings. The normalized spacial score (nSPS) is 14.1. The van der Waals surface area contributed by atoms with E-state index in [1.165, 1.54) is 61.5 Å². The van der Waals surface area contributed by atoms with Crippen LogP contribution in [0.3, 0.4) is 0 Å². The average Bonchev–Trinajstić information content (AvgIpc) is 3.50. The van der Waals surface area contributed by atoms with E-state index in [-0.39, 0.29) is 16.3 Å². The molecule has 1 aromatic heterocycles. The van der Waals surface area contributed by atoms with E-state index in [0.29, 0.717) is 20.9 Å². The van der Waals surface area contributed by atoms with Gasteiger partial charge in [0.15, 0.2) is 4.34 Å². The van der Waals surface area contributed by atoms with Crippen molar-refractivity contribution >= 4 is 49.8 Å². The highest BCUT2D eigenvalue weighted by Gasteiger charge is 2.25. The number of nitrogens with zero attached hydrogens (tertiary/aromatic N) is 4. The van der Waals surface area contributed by atoms with Crippen LogP contribution in [0.4, 0.5) is 15.2 Å². The molecule has 0 atom stereocenters. The van der Waals surface area contributed by atoms with Crippen molar-refractivity contribution in [3.05, 3.63) is 59.4 Å². The molecule has 1 aliphatic rings. The van der Waals surface area contributed by atoms with E-state index < -0.39 is 15.9 Å². The molecule has 1 saturated heterocycles. The summed E-state index contributed by atoms with van der Waals surface area (Å²) in [4.78, 5) is 15.4. The zero-order chi connectivity index (χ0) is 24.3. The lowest BCUT2D eigenvalue weighted by atomic mass is 10.1. The lowest BCUT2D eigenvalue weighted by molar-refractivity contribution is 0.102. The molecule has 0 unspecified atom stereocenters. The van der Waals surface area contributed by atoms with Crippen LogP contribution >= 0.6 is 23.1 Å². The van der Waals surface area contributed by atoms with Crippen molar-refractivity contribution in [2.24, 2.45) is 0 Å². The first-order chi connectivity index (χ1) is 16.2. The lowest BCUT2D eigenvalue weighted by Gasteiger charge is -2.22. The maximum atomic E-state index is 13.2. The Kier molecular flexibility index (Phi) is 7.51. The van der Waals surface area contributed by atoms with Crippen molar-refractivity contribution in [2.45, 2.75) is 27.8 Å². The number of halogens is 1. The number of hydrogen-bond acceptors (Lipinski definition) is 8. The maximum Gasteiger partial charge on any atom is 0.259 e. The first-order valence-electron chi connectivity index (χ1n) is 10.6. The minimum atomic E-state index is -3.70. The molecular weight excluding hydrogens is 497 g/mol. The molecule has 1 amide bonds. The standard InChI is InChI=1S/C22H24FN5O3S3/c1-27(2)34(30,31)17-9-10-19(28-11-3-4-12-28)18(13-17)20(29)24-21-25-26-22(33-21)32-14-15-5-7-16(23)8-6-15/h5-10,13H,3-4,11-12,14H2,1-2H3,(H,24,25,29). The zero-order valence-electron chi connectivity index (χ0n) is 18.7. The van der Waals surface area contributed by atoms with E-state index in [1.54, 1.807) is 18.2 Å². The van der Waals surface area contributed by atoms with Crippen LogP contribution < -0.4 is 10.2 Å². The summed E-state index contributed by atoms with van der Waals surface area (Å²) in [5.74, 6) is -0.138. The molecule has 0 bridgehead atoms. The highest BCUT2D eigenvalue weighted by molar-refractivity contribution is 8.00. The van der Waals surface area contributed by atoms with Gasteiger partial charge in [-0.25, -0.2) is 17.1 Å². The minimum absolute atomic E-state index is 0.0541. The summed E-state index contributed by atoms with van der Waals surface area (Å²) in [6.45, 7) is 1.62. The van der Waals surface area contributed by atoms with Gasteiger partial charge in [0.2, 0.25) is 15.2 Å². The Balaban J connectivity index is 1.53. The molecule has 0 spiro atoms. The summed E-state index contributed by atoms with van der Waals surface area (Å²) in [5.41, 5.74) is 1.92. The third-order valence-corrected chi connectivity index (χ3v) is 9.19. The summed E-state index contributed by atoms with van der Waals surface area (Å²) < 4.78 is 40.1. The summed E-state index contributed by atoms with van der Waals surface area (Å²) in [7, 11) is -0.787. The Hall–Kier alpha value is -2.54. The molecule has 4 rings (SSSR count). The number of amides is 1. The molecule has 0 aliphatic carbocycles. The van der Waals surface area contributed by atoms with Crippen molar-refractivity contribution in [3.63, 3.8) is 0 Å². The van der Waals surface area contributed by atoms with Crippen molar-refractivity contribution in [2.75, 3.05) is 37.4 Å². The fourth-order valence-electron chi connectivity index (χ4n) is 3.51. The Labute approximate surface area is 206 Å². The van der Waals surface area contributed by atoms with E-state index >= 15 is 0 Å². The van der Waals surface area contributed by atoms with Crippen molar-refractivity contribution in [3.8, 4) is 0 Å². The van der Waals surface area contributed by atoms with Crippen LogP contribution in [-0.2, 0) is 15.8 Å². The number of thioether (sulfide) groups is 1. The van der Waals surface area contributed by atoms with Crippen LogP contribution in [-0.4, -0.2) is 56.0 Å². The van der Waals surface area contributed by atoms with Crippen LogP contribution in [0.5, 0.6) is 0 Å². The van der Waals surface area contributed by atoms with Crippen LogP contribution in [0.15, 0.2) is 51.7 Å². The Morgan fingerprint density at radius 2 is 1.85 bits per heavy atom.